The minimum atomic E-state index is -0.553. The summed E-state index contributed by atoms with van der Waals surface area (Å²) < 4.78 is 1.82. The quantitative estimate of drug-likeness (QED) is 0.726. The highest BCUT2D eigenvalue weighted by atomic mass is 16.2. The van der Waals surface area contributed by atoms with E-state index in [4.69, 9.17) is 0 Å². The van der Waals surface area contributed by atoms with Gasteiger partial charge in [-0.2, -0.15) is 5.10 Å². The van der Waals surface area contributed by atoms with Crippen molar-refractivity contribution in [2.24, 2.45) is 5.92 Å². The monoisotopic (exact) mass is 328 g/mol. The highest BCUT2D eigenvalue weighted by Gasteiger charge is 2.24. The molecule has 0 bridgehead atoms. The molecule has 1 aromatic carbocycles. The number of carbonyl (C=O) groups is 2. The van der Waals surface area contributed by atoms with Gasteiger partial charge in [0.25, 0.3) is 5.91 Å². The smallest absolute Gasteiger partial charge is 0.251 e. The molecule has 24 heavy (non-hydrogen) atoms. The molecule has 1 heterocycles. The van der Waals surface area contributed by atoms with Crippen molar-refractivity contribution in [2.45, 2.75) is 32.9 Å². The predicted octanol–water partition coefficient (Wildman–Crippen LogP) is 1.84. The Balaban J connectivity index is 1.82. The number of carbonyl (C=O) groups excluding carboxylic acids is 2. The van der Waals surface area contributed by atoms with Crippen LogP contribution in [0.3, 0.4) is 0 Å². The maximum atomic E-state index is 12.4. The van der Waals surface area contributed by atoms with Crippen LogP contribution in [0, 0.1) is 5.92 Å². The van der Waals surface area contributed by atoms with Crippen LogP contribution >= 0.6 is 0 Å². The van der Waals surface area contributed by atoms with Crippen molar-refractivity contribution in [3.63, 3.8) is 0 Å². The number of nitrogens with one attached hydrogen (secondary N) is 2. The Labute approximate surface area is 142 Å². The molecule has 6 heteroatoms. The van der Waals surface area contributed by atoms with E-state index in [2.05, 4.69) is 15.7 Å². The van der Waals surface area contributed by atoms with E-state index in [9.17, 15) is 9.59 Å². The normalized spacial score (nSPS) is 12.0. The second-order valence-corrected chi connectivity index (χ2v) is 5.97. The number of rotatable bonds is 8. The highest BCUT2D eigenvalue weighted by Crippen LogP contribution is 2.05. The summed E-state index contributed by atoms with van der Waals surface area (Å²) in [4.78, 5) is 24.6. The molecule has 0 aliphatic heterocycles. The van der Waals surface area contributed by atoms with Crippen LogP contribution in [0.2, 0.25) is 0 Å². The minimum Gasteiger partial charge on any atom is -0.354 e. The average molecular weight is 328 g/mol. The molecule has 1 unspecified atom stereocenters. The van der Waals surface area contributed by atoms with Crippen LogP contribution in [0.1, 0.15) is 30.6 Å². The summed E-state index contributed by atoms with van der Waals surface area (Å²) in [5.41, 5.74) is 0.551. The van der Waals surface area contributed by atoms with Crippen molar-refractivity contribution in [2.75, 3.05) is 6.54 Å². The summed E-state index contributed by atoms with van der Waals surface area (Å²) in [6.07, 6.45) is 4.40. The van der Waals surface area contributed by atoms with Gasteiger partial charge in [-0.3, -0.25) is 14.3 Å². The molecule has 2 aromatic rings. The van der Waals surface area contributed by atoms with E-state index in [1.807, 2.05) is 36.9 Å². The van der Waals surface area contributed by atoms with Gasteiger partial charge in [-0.25, -0.2) is 0 Å². The maximum Gasteiger partial charge on any atom is 0.251 e. The molecule has 6 nitrogen and oxygen atoms in total. The largest absolute Gasteiger partial charge is 0.354 e. The molecule has 0 radical (unpaired) electrons. The van der Waals surface area contributed by atoms with Crippen molar-refractivity contribution < 1.29 is 9.59 Å². The first-order valence-electron chi connectivity index (χ1n) is 8.19. The molecule has 1 aromatic heterocycles. The van der Waals surface area contributed by atoms with Gasteiger partial charge in [0.1, 0.15) is 6.04 Å². The summed E-state index contributed by atoms with van der Waals surface area (Å²) in [7, 11) is 0. The lowest BCUT2D eigenvalue weighted by molar-refractivity contribution is -0.123. The molecule has 0 fully saturated rings. The standard InChI is InChI=1S/C18H24N4O2/c1-14(2)16(21-17(23)15-8-4-3-5-9-15)18(24)19-10-6-12-22-13-7-11-20-22/h3-5,7-9,11,13-14,16H,6,10,12H2,1-2H3,(H,19,24)(H,21,23). The Hall–Kier alpha value is -2.63. The van der Waals surface area contributed by atoms with Gasteiger partial charge < -0.3 is 10.6 Å². The number of aryl methyl sites for hydroxylation is 1. The number of hydrogen-bond donors (Lipinski definition) is 2. The summed E-state index contributed by atoms with van der Waals surface area (Å²) in [6, 6.07) is 10.2. The first-order chi connectivity index (χ1) is 11.6. The molecule has 2 amide bonds. The van der Waals surface area contributed by atoms with Crippen LogP contribution in [0.5, 0.6) is 0 Å². The minimum absolute atomic E-state index is 0.00350. The van der Waals surface area contributed by atoms with E-state index in [1.54, 1.807) is 30.5 Å². The predicted molar refractivity (Wildman–Crippen MR) is 92.4 cm³/mol. The van der Waals surface area contributed by atoms with Crippen LogP contribution in [-0.2, 0) is 11.3 Å². The van der Waals surface area contributed by atoms with Gasteiger partial charge in [-0.05, 0) is 30.5 Å². The van der Waals surface area contributed by atoms with Crippen molar-refractivity contribution >= 4 is 11.8 Å². The summed E-state index contributed by atoms with van der Waals surface area (Å²) in [5, 5.41) is 9.82. The van der Waals surface area contributed by atoms with Crippen LogP contribution in [-0.4, -0.2) is 34.2 Å². The number of nitrogens with zero attached hydrogens (tertiary/aromatic N) is 2. The molecule has 128 valence electrons. The zero-order valence-electron chi connectivity index (χ0n) is 14.1. The third-order valence-electron chi connectivity index (χ3n) is 3.69. The van der Waals surface area contributed by atoms with E-state index in [1.165, 1.54) is 0 Å². The Bertz CT molecular complexity index is 638. The number of benzene rings is 1. The maximum absolute atomic E-state index is 12.4. The molecule has 0 aliphatic carbocycles. The Morgan fingerprint density at radius 1 is 1.17 bits per heavy atom. The van der Waals surface area contributed by atoms with E-state index in [-0.39, 0.29) is 17.7 Å². The van der Waals surface area contributed by atoms with E-state index < -0.39 is 6.04 Å². The first-order valence-corrected chi connectivity index (χ1v) is 8.19. The van der Waals surface area contributed by atoms with Gasteiger partial charge in [-0.15, -0.1) is 0 Å². The number of hydrogen-bond acceptors (Lipinski definition) is 3. The lowest BCUT2D eigenvalue weighted by Gasteiger charge is -2.21. The molecule has 0 saturated carbocycles. The van der Waals surface area contributed by atoms with Crippen molar-refractivity contribution in [3.05, 3.63) is 54.4 Å². The van der Waals surface area contributed by atoms with E-state index in [0.717, 1.165) is 13.0 Å². The second kappa shape index (κ2) is 8.86. The summed E-state index contributed by atoms with van der Waals surface area (Å²) in [5.74, 6) is -0.389. The molecule has 1 atom stereocenters. The number of aromatic nitrogens is 2. The fourth-order valence-corrected chi connectivity index (χ4v) is 2.34. The van der Waals surface area contributed by atoms with E-state index >= 15 is 0 Å². The topological polar surface area (TPSA) is 76.0 Å². The fourth-order valence-electron chi connectivity index (χ4n) is 2.34. The zero-order valence-corrected chi connectivity index (χ0v) is 14.1. The van der Waals surface area contributed by atoms with Crippen LogP contribution in [0.15, 0.2) is 48.8 Å². The van der Waals surface area contributed by atoms with Crippen LogP contribution in [0.25, 0.3) is 0 Å². The Morgan fingerprint density at radius 3 is 2.54 bits per heavy atom. The van der Waals surface area contributed by atoms with Gasteiger partial charge in [0.15, 0.2) is 0 Å². The van der Waals surface area contributed by atoms with Gasteiger partial charge >= 0.3 is 0 Å². The third-order valence-corrected chi connectivity index (χ3v) is 3.69. The van der Waals surface area contributed by atoms with Crippen LogP contribution in [0.4, 0.5) is 0 Å². The van der Waals surface area contributed by atoms with Gasteiger partial charge in [0.2, 0.25) is 5.91 Å². The molecular weight excluding hydrogens is 304 g/mol. The SMILES string of the molecule is CC(C)C(NC(=O)c1ccccc1)C(=O)NCCCn1cccn1. The molecule has 0 aliphatic rings. The average Bonchev–Trinajstić information content (AvgIpc) is 3.10. The number of amides is 2. The van der Waals surface area contributed by atoms with Gasteiger partial charge in [0.05, 0.1) is 0 Å². The second-order valence-electron chi connectivity index (χ2n) is 5.97. The fraction of sp³-hybridized carbons (Fsp3) is 0.389. The third kappa shape index (κ3) is 5.22. The molecule has 0 saturated heterocycles. The molecular formula is C18H24N4O2. The first kappa shape index (κ1) is 17.7. The summed E-state index contributed by atoms with van der Waals surface area (Å²) >= 11 is 0. The molecule has 0 spiro atoms. The van der Waals surface area contributed by atoms with Gasteiger partial charge in [-0.1, -0.05) is 32.0 Å². The van der Waals surface area contributed by atoms with Crippen molar-refractivity contribution in [3.8, 4) is 0 Å². The summed E-state index contributed by atoms with van der Waals surface area (Å²) in [6.45, 7) is 5.12. The van der Waals surface area contributed by atoms with Crippen molar-refractivity contribution in [1.29, 1.82) is 0 Å². The Morgan fingerprint density at radius 2 is 1.92 bits per heavy atom. The molecule has 2 N–H and O–H groups in total. The lowest BCUT2D eigenvalue weighted by Crippen LogP contribution is -2.49. The lowest BCUT2D eigenvalue weighted by atomic mass is 10.0. The Kier molecular flexibility index (Phi) is 6.54. The zero-order chi connectivity index (χ0) is 17.4. The van der Waals surface area contributed by atoms with Crippen LogP contribution < -0.4 is 10.6 Å². The molecule has 2 rings (SSSR count). The van der Waals surface area contributed by atoms with E-state index in [0.29, 0.717) is 12.1 Å². The van der Waals surface area contributed by atoms with Gasteiger partial charge in [0, 0.05) is 31.0 Å². The highest BCUT2D eigenvalue weighted by molar-refractivity contribution is 5.97. The van der Waals surface area contributed by atoms with Crippen molar-refractivity contribution in [1.82, 2.24) is 20.4 Å².